The molecule has 1 aliphatic rings. The summed E-state index contributed by atoms with van der Waals surface area (Å²) in [5, 5.41) is 0. The molecular formula is C9H12O3. The van der Waals surface area contributed by atoms with E-state index in [0.29, 0.717) is 12.8 Å². The minimum Gasteiger partial charge on any atom is -0.448 e. The van der Waals surface area contributed by atoms with Gasteiger partial charge in [-0.25, -0.2) is 4.79 Å². The molecule has 66 valence electrons. The van der Waals surface area contributed by atoms with Gasteiger partial charge in [0.25, 0.3) is 0 Å². The van der Waals surface area contributed by atoms with Gasteiger partial charge in [-0.3, -0.25) is 4.79 Å². The molecule has 12 heavy (non-hydrogen) atoms. The third-order valence-corrected chi connectivity index (χ3v) is 2.26. The van der Waals surface area contributed by atoms with E-state index in [-0.39, 0.29) is 5.78 Å². The molecular weight excluding hydrogens is 156 g/mol. The minimum atomic E-state index is -0.883. The van der Waals surface area contributed by atoms with Gasteiger partial charge in [-0.1, -0.05) is 13.8 Å². The Morgan fingerprint density at radius 3 is 2.25 bits per heavy atom. The van der Waals surface area contributed by atoms with Crippen molar-refractivity contribution in [2.24, 2.45) is 0 Å². The fourth-order valence-electron chi connectivity index (χ4n) is 1.32. The summed E-state index contributed by atoms with van der Waals surface area (Å²) < 4.78 is 5.01. The topological polar surface area (TPSA) is 43.4 Å². The van der Waals surface area contributed by atoms with Crippen molar-refractivity contribution in [3.8, 4) is 0 Å². The quantitative estimate of drug-likeness (QED) is 0.582. The molecule has 0 aromatic carbocycles. The molecule has 0 unspecified atom stereocenters. The van der Waals surface area contributed by atoms with Gasteiger partial charge < -0.3 is 4.74 Å². The second-order valence-corrected chi connectivity index (χ2v) is 2.82. The molecule has 1 heterocycles. The van der Waals surface area contributed by atoms with Crippen LogP contribution in [-0.2, 0) is 14.3 Å². The van der Waals surface area contributed by atoms with Crippen LogP contribution in [-0.4, -0.2) is 17.4 Å². The van der Waals surface area contributed by atoms with Crippen LogP contribution in [0.25, 0.3) is 0 Å². The Morgan fingerprint density at radius 1 is 1.25 bits per heavy atom. The first kappa shape index (κ1) is 8.97. The normalized spacial score (nSPS) is 20.8. The van der Waals surface area contributed by atoms with Crippen LogP contribution >= 0.6 is 0 Å². The Balaban J connectivity index is 2.96. The van der Waals surface area contributed by atoms with Gasteiger partial charge in [0.05, 0.1) is 0 Å². The molecule has 0 saturated heterocycles. The summed E-state index contributed by atoms with van der Waals surface area (Å²) in [5.41, 5.74) is -0.883. The van der Waals surface area contributed by atoms with E-state index in [1.165, 1.54) is 12.2 Å². The van der Waals surface area contributed by atoms with Crippen LogP contribution in [0, 0.1) is 0 Å². The second-order valence-electron chi connectivity index (χ2n) is 2.82. The number of ether oxygens (including phenoxy) is 1. The zero-order valence-corrected chi connectivity index (χ0v) is 7.29. The van der Waals surface area contributed by atoms with Gasteiger partial charge in [0.2, 0.25) is 0 Å². The first-order chi connectivity index (χ1) is 5.64. The maximum absolute atomic E-state index is 11.4. The van der Waals surface area contributed by atoms with Gasteiger partial charge in [0.1, 0.15) is 0 Å². The summed E-state index contributed by atoms with van der Waals surface area (Å²) in [4.78, 5) is 22.2. The summed E-state index contributed by atoms with van der Waals surface area (Å²) in [7, 11) is 0. The number of hydrogen-bond acceptors (Lipinski definition) is 3. The number of esters is 1. The molecule has 1 aliphatic heterocycles. The molecule has 0 aromatic heterocycles. The smallest absolute Gasteiger partial charge is 0.331 e. The number of carbonyl (C=O) groups is 2. The zero-order chi connectivity index (χ0) is 9.19. The highest BCUT2D eigenvalue weighted by molar-refractivity contribution is 6.05. The Morgan fingerprint density at radius 2 is 1.83 bits per heavy atom. The monoisotopic (exact) mass is 168 g/mol. The van der Waals surface area contributed by atoms with Gasteiger partial charge in [-0.15, -0.1) is 0 Å². The lowest BCUT2D eigenvalue weighted by atomic mass is 9.90. The molecule has 0 N–H and O–H groups in total. The third-order valence-electron chi connectivity index (χ3n) is 2.26. The molecule has 0 radical (unpaired) electrons. The fraction of sp³-hybridized carbons (Fsp3) is 0.556. The van der Waals surface area contributed by atoms with E-state index in [0.717, 1.165) is 0 Å². The lowest BCUT2D eigenvalue weighted by Gasteiger charge is -2.30. The molecule has 0 aliphatic carbocycles. The summed E-state index contributed by atoms with van der Waals surface area (Å²) in [5.74, 6) is -0.523. The first-order valence-electron chi connectivity index (χ1n) is 4.10. The van der Waals surface area contributed by atoms with Crippen LogP contribution in [0.2, 0.25) is 0 Å². The first-order valence-corrected chi connectivity index (χ1v) is 4.10. The van der Waals surface area contributed by atoms with Crippen LogP contribution in [0.3, 0.4) is 0 Å². The summed E-state index contributed by atoms with van der Waals surface area (Å²) in [6, 6.07) is 0. The van der Waals surface area contributed by atoms with Crippen LogP contribution in [0.4, 0.5) is 0 Å². The van der Waals surface area contributed by atoms with Gasteiger partial charge in [0, 0.05) is 6.08 Å². The van der Waals surface area contributed by atoms with Crippen molar-refractivity contribution in [2.75, 3.05) is 0 Å². The van der Waals surface area contributed by atoms with E-state index >= 15 is 0 Å². The largest absolute Gasteiger partial charge is 0.448 e. The number of carbonyl (C=O) groups excluding carboxylic acids is 2. The lowest BCUT2D eigenvalue weighted by Crippen LogP contribution is -2.43. The lowest BCUT2D eigenvalue weighted by molar-refractivity contribution is -0.163. The van der Waals surface area contributed by atoms with Crippen molar-refractivity contribution in [2.45, 2.75) is 32.3 Å². The summed E-state index contributed by atoms with van der Waals surface area (Å²) in [6.07, 6.45) is 3.56. The van der Waals surface area contributed by atoms with Crippen LogP contribution in [0.1, 0.15) is 26.7 Å². The van der Waals surface area contributed by atoms with E-state index in [1.807, 2.05) is 13.8 Å². The van der Waals surface area contributed by atoms with Crippen LogP contribution in [0.5, 0.6) is 0 Å². The van der Waals surface area contributed by atoms with Crippen LogP contribution in [0.15, 0.2) is 12.2 Å². The van der Waals surface area contributed by atoms with Gasteiger partial charge in [-0.2, -0.15) is 0 Å². The molecule has 0 fully saturated rings. The SMILES string of the molecule is CCC1(CC)OC(=O)C=CC1=O. The predicted octanol–water partition coefficient (Wildman–Crippen LogP) is 1.23. The predicted molar refractivity (Wildman–Crippen MR) is 43.6 cm³/mol. The molecule has 0 aromatic rings. The van der Waals surface area contributed by atoms with Gasteiger partial charge in [0.15, 0.2) is 11.4 Å². The summed E-state index contributed by atoms with van der Waals surface area (Å²) >= 11 is 0. The van der Waals surface area contributed by atoms with E-state index in [2.05, 4.69) is 0 Å². The van der Waals surface area contributed by atoms with E-state index in [1.54, 1.807) is 0 Å². The second kappa shape index (κ2) is 3.09. The standard InChI is InChI=1S/C9H12O3/c1-3-9(4-2)7(10)5-6-8(11)12-9/h5-6H,3-4H2,1-2H3. The van der Waals surface area contributed by atoms with Crippen molar-refractivity contribution in [1.82, 2.24) is 0 Å². The van der Waals surface area contributed by atoms with E-state index in [4.69, 9.17) is 4.74 Å². The zero-order valence-electron chi connectivity index (χ0n) is 7.29. The highest BCUT2D eigenvalue weighted by Gasteiger charge is 2.39. The number of rotatable bonds is 2. The third kappa shape index (κ3) is 1.26. The van der Waals surface area contributed by atoms with Crippen LogP contribution < -0.4 is 0 Å². The number of cyclic esters (lactones) is 1. The summed E-state index contributed by atoms with van der Waals surface area (Å²) in [6.45, 7) is 3.68. The highest BCUT2D eigenvalue weighted by Crippen LogP contribution is 2.25. The average Bonchev–Trinajstić information content (AvgIpc) is 2.09. The molecule has 1 rings (SSSR count). The molecule has 0 atom stereocenters. The average molecular weight is 168 g/mol. The van der Waals surface area contributed by atoms with Crippen molar-refractivity contribution >= 4 is 11.8 Å². The van der Waals surface area contributed by atoms with Gasteiger partial charge in [-0.05, 0) is 18.9 Å². The van der Waals surface area contributed by atoms with Crippen molar-refractivity contribution in [3.05, 3.63) is 12.2 Å². The van der Waals surface area contributed by atoms with Crippen molar-refractivity contribution in [3.63, 3.8) is 0 Å². The maximum Gasteiger partial charge on any atom is 0.331 e. The number of ketones is 1. The molecule has 0 amide bonds. The molecule has 3 nitrogen and oxygen atoms in total. The van der Waals surface area contributed by atoms with Gasteiger partial charge >= 0.3 is 5.97 Å². The maximum atomic E-state index is 11.4. The fourth-order valence-corrected chi connectivity index (χ4v) is 1.32. The van der Waals surface area contributed by atoms with E-state index in [9.17, 15) is 9.59 Å². The van der Waals surface area contributed by atoms with Crippen molar-refractivity contribution in [1.29, 1.82) is 0 Å². The minimum absolute atomic E-state index is 0.105. The Labute approximate surface area is 71.4 Å². The molecule has 0 saturated carbocycles. The Bertz CT molecular complexity index is 236. The Kier molecular flexibility index (Phi) is 2.31. The highest BCUT2D eigenvalue weighted by atomic mass is 16.6. The van der Waals surface area contributed by atoms with Crippen molar-refractivity contribution < 1.29 is 14.3 Å². The molecule has 0 bridgehead atoms. The number of hydrogen-bond donors (Lipinski definition) is 0. The molecule has 0 spiro atoms. The Hall–Kier alpha value is -1.12. The molecule has 3 heteroatoms. The van der Waals surface area contributed by atoms with E-state index < -0.39 is 11.6 Å².